The topological polar surface area (TPSA) is 99.4 Å². The van der Waals surface area contributed by atoms with E-state index in [-0.39, 0.29) is 5.56 Å². The van der Waals surface area contributed by atoms with Gasteiger partial charge in [-0.3, -0.25) is 0 Å². The summed E-state index contributed by atoms with van der Waals surface area (Å²) >= 11 is 0. The molecule has 156 valence electrons. The van der Waals surface area contributed by atoms with E-state index in [0.29, 0.717) is 11.6 Å². The molecule has 0 aromatic heterocycles. The number of aliphatic hydroxyl groups excluding tert-OH is 4. The molecule has 1 fully saturated rings. The van der Waals surface area contributed by atoms with Gasteiger partial charge < -0.3 is 29.9 Å². The summed E-state index contributed by atoms with van der Waals surface area (Å²) in [5.74, 6) is -2.90. The minimum atomic E-state index is -1.76. The van der Waals surface area contributed by atoms with Crippen molar-refractivity contribution in [2.75, 3.05) is 6.61 Å². The molecule has 1 aliphatic heterocycles. The molecule has 0 radical (unpaired) electrons. The molecule has 9 heteroatoms. The smallest absolute Gasteiger partial charge is 0.229 e. The van der Waals surface area contributed by atoms with Crippen LogP contribution < -0.4 is 4.74 Å². The summed E-state index contributed by atoms with van der Waals surface area (Å²) in [5.41, 5.74) is 0.499. The van der Waals surface area contributed by atoms with Crippen LogP contribution in [0.2, 0.25) is 0 Å². The zero-order valence-electron chi connectivity index (χ0n) is 15.0. The molecular weight excluding hydrogens is 393 g/mol. The average Bonchev–Trinajstić information content (AvgIpc) is 2.69. The fourth-order valence-electron chi connectivity index (χ4n) is 2.87. The SMILES string of the molecule is OC[C@H]1O[C@@H](Oc2c(F)cc(F)cc2/C=C/c2ccc(F)cc2)[C@H](O)[C@@H](O)[C@@H]1O. The lowest BCUT2D eigenvalue weighted by Crippen LogP contribution is -2.60. The van der Waals surface area contributed by atoms with Crippen LogP contribution in [0, 0.1) is 17.5 Å². The van der Waals surface area contributed by atoms with Gasteiger partial charge in [-0.2, -0.15) is 0 Å². The Hall–Kier alpha value is -2.43. The van der Waals surface area contributed by atoms with Gasteiger partial charge in [-0.25, -0.2) is 13.2 Å². The number of hydrogen-bond donors (Lipinski definition) is 4. The molecule has 4 N–H and O–H groups in total. The number of ether oxygens (including phenoxy) is 2. The molecule has 0 spiro atoms. The van der Waals surface area contributed by atoms with E-state index >= 15 is 0 Å². The largest absolute Gasteiger partial charge is 0.458 e. The molecule has 1 aliphatic rings. The van der Waals surface area contributed by atoms with Crippen molar-refractivity contribution in [3.8, 4) is 5.75 Å². The monoisotopic (exact) mass is 412 g/mol. The normalized spacial score (nSPS) is 27.3. The van der Waals surface area contributed by atoms with Gasteiger partial charge in [-0.15, -0.1) is 0 Å². The number of rotatable bonds is 5. The van der Waals surface area contributed by atoms with Crippen LogP contribution in [-0.4, -0.2) is 57.7 Å². The van der Waals surface area contributed by atoms with Gasteiger partial charge in [0.05, 0.1) is 6.61 Å². The van der Waals surface area contributed by atoms with E-state index < -0.39 is 60.5 Å². The van der Waals surface area contributed by atoms with Crippen molar-refractivity contribution in [1.82, 2.24) is 0 Å². The van der Waals surface area contributed by atoms with E-state index in [0.717, 1.165) is 6.07 Å². The lowest BCUT2D eigenvalue weighted by atomic mass is 9.99. The van der Waals surface area contributed by atoms with Crippen LogP contribution in [0.1, 0.15) is 11.1 Å². The van der Waals surface area contributed by atoms with Crippen LogP contribution >= 0.6 is 0 Å². The van der Waals surface area contributed by atoms with Gasteiger partial charge >= 0.3 is 0 Å². The fraction of sp³-hybridized carbons (Fsp3) is 0.300. The summed E-state index contributed by atoms with van der Waals surface area (Å²) in [6.07, 6.45) is -5.18. The fourth-order valence-corrected chi connectivity index (χ4v) is 2.87. The second kappa shape index (κ2) is 8.93. The Morgan fingerprint density at radius 2 is 1.59 bits per heavy atom. The average molecular weight is 412 g/mol. The Kier molecular flexibility index (Phi) is 6.56. The highest BCUT2D eigenvalue weighted by atomic mass is 19.1. The molecule has 0 bridgehead atoms. The number of hydrogen-bond acceptors (Lipinski definition) is 6. The molecule has 3 rings (SSSR count). The molecule has 29 heavy (non-hydrogen) atoms. The van der Waals surface area contributed by atoms with Crippen LogP contribution in [0.5, 0.6) is 5.75 Å². The number of aliphatic hydroxyl groups is 4. The quantitative estimate of drug-likeness (QED) is 0.555. The minimum absolute atomic E-state index is 0.0521. The first-order chi connectivity index (χ1) is 13.8. The van der Waals surface area contributed by atoms with Crippen LogP contribution in [-0.2, 0) is 4.74 Å². The summed E-state index contributed by atoms with van der Waals surface area (Å²) in [4.78, 5) is 0. The lowest BCUT2D eigenvalue weighted by molar-refractivity contribution is -0.277. The summed E-state index contributed by atoms with van der Waals surface area (Å²) in [6, 6.07) is 6.89. The van der Waals surface area contributed by atoms with Gasteiger partial charge in [0.2, 0.25) is 6.29 Å². The standard InChI is InChI=1S/C20H19F3O6/c21-12-5-2-10(3-6-12)1-4-11-7-13(22)8-14(23)19(11)29-20-18(27)17(26)16(25)15(9-24)28-20/h1-8,15-18,20,24-27H,9H2/b4-1+/t15-,16-,17+,18-,20+/m1/s1. The van der Waals surface area contributed by atoms with Gasteiger partial charge in [0, 0.05) is 11.6 Å². The molecule has 0 amide bonds. The molecule has 1 heterocycles. The zero-order valence-corrected chi connectivity index (χ0v) is 15.0. The lowest BCUT2D eigenvalue weighted by Gasteiger charge is -2.39. The van der Waals surface area contributed by atoms with E-state index in [4.69, 9.17) is 9.47 Å². The van der Waals surface area contributed by atoms with Crippen molar-refractivity contribution >= 4 is 12.2 Å². The maximum atomic E-state index is 14.4. The van der Waals surface area contributed by atoms with Crippen LogP contribution in [0.15, 0.2) is 36.4 Å². The molecule has 0 unspecified atom stereocenters. The number of benzene rings is 2. The minimum Gasteiger partial charge on any atom is -0.458 e. The van der Waals surface area contributed by atoms with Crippen LogP contribution in [0.25, 0.3) is 12.2 Å². The van der Waals surface area contributed by atoms with Gasteiger partial charge in [-0.05, 0) is 23.8 Å². The van der Waals surface area contributed by atoms with Gasteiger partial charge in [0.15, 0.2) is 11.6 Å². The van der Waals surface area contributed by atoms with Gasteiger partial charge in [0.1, 0.15) is 36.1 Å². The molecular formula is C20H19F3O6. The highest BCUT2D eigenvalue weighted by molar-refractivity contribution is 5.72. The first-order valence-electron chi connectivity index (χ1n) is 8.70. The molecule has 2 aromatic rings. The second-order valence-electron chi connectivity index (χ2n) is 6.51. The molecule has 0 saturated carbocycles. The summed E-state index contributed by atoms with van der Waals surface area (Å²) < 4.78 is 51.6. The second-order valence-corrected chi connectivity index (χ2v) is 6.51. The third-order valence-electron chi connectivity index (χ3n) is 4.44. The molecule has 5 atom stereocenters. The zero-order chi connectivity index (χ0) is 21.1. The van der Waals surface area contributed by atoms with Crippen molar-refractivity contribution in [3.63, 3.8) is 0 Å². The van der Waals surface area contributed by atoms with Crippen LogP contribution in [0.4, 0.5) is 13.2 Å². The molecule has 6 nitrogen and oxygen atoms in total. The Morgan fingerprint density at radius 1 is 0.897 bits per heavy atom. The van der Waals surface area contributed by atoms with Crippen molar-refractivity contribution in [1.29, 1.82) is 0 Å². The first-order valence-corrected chi connectivity index (χ1v) is 8.70. The highest BCUT2D eigenvalue weighted by Gasteiger charge is 2.45. The van der Waals surface area contributed by atoms with E-state index in [1.165, 1.54) is 36.4 Å². The third kappa shape index (κ3) is 4.77. The predicted octanol–water partition coefficient (Wildman–Crippen LogP) is 1.45. The van der Waals surface area contributed by atoms with Gasteiger partial charge in [0.25, 0.3) is 0 Å². The highest BCUT2D eigenvalue weighted by Crippen LogP contribution is 2.31. The van der Waals surface area contributed by atoms with Crippen molar-refractivity contribution in [2.24, 2.45) is 0 Å². The van der Waals surface area contributed by atoms with E-state index in [1.54, 1.807) is 0 Å². The Balaban J connectivity index is 1.89. The van der Waals surface area contributed by atoms with Crippen LogP contribution in [0.3, 0.4) is 0 Å². The Labute approximate surface area is 164 Å². The number of halogens is 3. The van der Waals surface area contributed by atoms with E-state index in [1.807, 2.05) is 0 Å². The Bertz CT molecular complexity index is 871. The molecule has 2 aromatic carbocycles. The van der Waals surface area contributed by atoms with Crippen molar-refractivity contribution in [3.05, 3.63) is 65.0 Å². The third-order valence-corrected chi connectivity index (χ3v) is 4.44. The molecule has 1 saturated heterocycles. The maximum Gasteiger partial charge on any atom is 0.229 e. The molecule has 0 aliphatic carbocycles. The first kappa shape index (κ1) is 21.3. The predicted molar refractivity (Wildman–Crippen MR) is 96.1 cm³/mol. The summed E-state index contributed by atoms with van der Waals surface area (Å²) in [6.45, 7) is -0.686. The van der Waals surface area contributed by atoms with E-state index in [2.05, 4.69) is 0 Å². The van der Waals surface area contributed by atoms with Gasteiger partial charge in [-0.1, -0.05) is 24.3 Å². The van der Waals surface area contributed by atoms with Crippen molar-refractivity contribution < 1.29 is 43.1 Å². The van der Waals surface area contributed by atoms with Crippen molar-refractivity contribution in [2.45, 2.75) is 30.7 Å². The van der Waals surface area contributed by atoms with E-state index in [9.17, 15) is 33.6 Å². The Morgan fingerprint density at radius 3 is 2.24 bits per heavy atom. The maximum absolute atomic E-state index is 14.4. The summed E-state index contributed by atoms with van der Waals surface area (Å²) in [5, 5.41) is 38.9. The summed E-state index contributed by atoms with van der Waals surface area (Å²) in [7, 11) is 0.